The third-order valence-electron chi connectivity index (χ3n) is 1.72. The van der Waals surface area contributed by atoms with Gasteiger partial charge in [-0.15, -0.1) is 0 Å². The predicted molar refractivity (Wildman–Crippen MR) is 39.5 cm³/mol. The number of hydrogen-bond acceptors (Lipinski definition) is 2. The van der Waals surface area contributed by atoms with Crippen LogP contribution in [0.3, 0.4) is 0 Å². The monoisotopic (exact) mass is 142 g/mol. The zero-order valence-corrected chi connectivity index (χ0v) is 6.29. The van der Waals surface area contributed by atoms with Crippen molar-refractivity contribution in [3.05, 3.63) is 12.2 Å². The molecule has 1 saturated heterocycles. The first kappa shape index (κ1) is 7.76. The normalized spacial score (nSPS) is 33.8. The molecule has 1 unspecified atom stereocenters. The minimum atomic E-state index is -0.504. The van der Waals surface area contributed by atoms with E-state index in [4.69, 9.17) is 9.84 Å². The Hall–Kier alpha value is -0.340. The van der Waals surface area contributed by atoms with Crippen LogP contribution in [0.25, 0.3) is 0 Å². The number of aliphatic hydroxyl groups excluding tert-OH is 1. The summed E-state index contributed by atoms with van der Waals surface area (Å²) in [6.07, 6.45) is 6.55. The molecule has 2 nitrogen and oxygen atoms in total. The number of allylic oxidation sites excluding steroid dienone is 1. The second kappa shape index (κ2) is 3.74. The Kier molecular flexibility index (Phi) is 2.90. The van der Waals surface area contributed by atoms with Crippen molar-refractivity contribution in [3.8, 4) is 0 Å². The Morgan fingerprint density at radius 1 is 1.60 bits per heavy atom. The smallest absolute Gasteiger partial charge is 0.155 e. The predicted octanol–water partition coefficient (Wildman–Crippen LogP) is 1.45. The first-order valence-corrected chi connectivity index (χ1v) is 3.77. The van der Waals surface area contributed by atoms with E-state index in [0.717, 1.165) is 19.3 Å². The van der Waals surface area contributed by atoms with Gasteiger partial charge >= 0.3 is 0 Å². The van der Waals surface area contributed by atoms with E-state index in [9.17, 15) is 0 Å². The zero-order valence-electron chi connectivity index (χ0n) is 6.29. The lowest BCUT2D eigenvalue weighted by molar-refractivity contribution is -0.0888. The third-order valence-corrected chi connectivity index (χ3v) is 1.72. The van der Waals surface area contributed by atoms with Gasteiger partial charge in [0.25, 0.3) is 0 Å². The molecule has 0 spiro atoms. The molecular weight excluding hydrogens is 128 g/mol. The molecule has 0 amide bonds. The first-order chi connectivity index (χ1) is 4.83. The standard InChI is InChI=1S/C8H14O2/c1-2-3-4-7-5-6-8(9)10-7/h2-3,7-9H,4-6H2,1H3/b3-2+/t7-,8?/m1/s1. The van der Waals surface area contributed by atoms with Crippen LogP contribution in [-0.2, 0) is 4.74 Å². The summed E-state index contributed by atoms with van der Waals surface area (Å²) in [5.41, 5.74) is 0. The third kappa shape index (κ3) is 2.12. The molecule has 1 aliphatic heterocycles. The fourth-order valence-electron chi connectivity index (χ4n) is 1.15. The molecule has 0 aromatic rings. The topological polar surface area (TPSA) is 29.5 Å². The average molecular weight is 142 g/mol. The molecule has 1 rings (SSSR count). The Bertz CT molecular complexity index is 120. The largest absolute Gasteiger partial charge is 0.368 e. The van der Waals surface area contributed by atoms with Gasteiger partial charge in [-0.05, 0) is 19.8 Å². The van der Waals surface area contributed by atoms with Gasteiger partial charge in [-0.3, -0.25) is 0 Å². The molecule has 1 N–H and O–H groups in total. The zero-order chi connectivity index (χ0) is 7.40. The van der Waals surface area contributed by atoms with E-state index in [-0.39, 0.29) is 6.10 Å². The molecule has 0 bridgehead atoms. The second-order valence-corrected chi connectivity index (χ2v) is 2.59. The summed E-state index contributed by atoms with van der Waals surface area (Å²) in [6.45, 7) is 1.99. The van der Waals surface area contributed by atoms with Crippen molar-refractivity contribution >= 4 is 0 Å². The van der Waals surface area contributed by atoms with Crippen LogP contribution in [0.1, 0.15) is 26.2 Å². The van der Waals surface area contributed by atoms with E-state index in [1.807, 2.05) is 13.0 Å². The lowest BCUT2D eigenvalue weighted by Crippen LogP contribution is -2.08. The van der Waals surface area contributed by atoms with Crippen LogP contribution in [0.5, 0.6) is 0 Å². The number of rotatable bonds is 2. The van der Waals surface area contributed by atoms with Gasteiger partial charge in [0.15, 0.2) is 6.29 Å². The number of aliphatic hydroxyl groups is 1. The first-order valence-electron chi connectivity index (χ1n) is 3.77. The summed E-state index contributed by atoms with van der Waals surface area (Å²) in [4.78, 5) is 0. The van der Waals surface area contributed by atoms with E-state index in [2.05, 4.69) is 6.08 Å². The van der Waals surface area contributed by atoms with Gasteiger partial charge in [0.05, 0.1) is 6.10 Å². The van der Waals surface area contributed by atoms with Gasteiger partial charge in [-0.1, -0.05) is 12.2 Å². The highest BCUT2D eigenvalue weighted by Gasteiger charge is 2.21. The van der Waals surface area contributed by atoms with Gasteiger partial charge in [-0.25, -0.2) is 0 Å². The van der Waals surface area contributed by atoms with Crippen molar-refractivity contribution in [3.63, 3.8) is 0 Å². The lowest BCUT2D eigenvalue weighted by atomic mass is 10.2. The van der Waals surface area contributed by atoms with E-state index < -0.39 is 6.29 Å². The fourth-order valence-corrected chi connectivity index (χ4v) is 1.15. The SMILES string of the molecule is C/C=C/C[C@@H]1CCC(O)O1. The molecule has 1 aliphatic rings. The summed E-state index contributed by atoms with van der Waals surface area (Å²) < 4.78 is 5.17. The molecule has 1 fully saturated rings. The van der Waals surface area contributed by atoms with Gasteiger partial charge in [-0.2, -0.15) is 0 Å². The summed E-state index contributed by atoms with van der Waals surface area (Å²) in [5.74, 6) is 0. The maximum atomic E-state index is 8.95. The number of ether oxygens (including phenoxy) is 1. The fraction of sp³-hybridized carbons (Fsp3) is 0.750. The van der Waals surface area contributed by atoms with Crippen LogP contribution >= 0.6 is 0 Å². The Morgan fingerprint density at radius 2 is 2.40 bits per heavy atom. The highest BCUT2D eigenvalue weighted by Crippen LogP contribution is 2.20. The highest BCUT2D eigenvalue weighted by molar-refractivity contribution is 4.82. The van der Waals surface area contributed by atoms with Crippen LogP contribution in [0.15, 0.2) is 12.2 Å². The van der Waals surface area contributed by atoms with Crippen molar-refractivity contribution in [2.45, 2.75) is 38.6 Å². The molecule has 0 saturated carbocycles. The molecule has 1 heterocycles. The molecule has 2 heteroatoms. The Balaban J connectivity index is 2.18. The van der Waals surface area contributed by atoms with Crippen LogP contribution < -0.4 is 0 Å². The van der Waals surface area contributed by atoms with Crippen molar-refractivity contribution in [1.82, 2.24) is 0 Å². The molecule has 0 aliphatic carbocycles. The van der Waals surface area contributed by atoms with E-state index >= 15 is 0 Å². The summed E-state index contributed by atoms with van der Waals surface area (Å²) in [6, 6.07) is 0. The van der Waals surface area contributed by atoms with Gasteiger partial charge in [0, 0.05) is 6.42 Å². The average Bonchev–Trinajstić information content (AvgIpc) is 2.31. The quantitative estimate of drug-likeness (QED) is 0.591. The summed E-state index contributed by atoms with van der Waals surface area (Å²) in [5, 5.41) is 8.95. The summed E-state index contributed by atoms with van der Waals surface area (Å²) >= 11 is 0. The summed E-state index contributed by atoms with van der Waals surface area (Å²) in [7, 11) is 0. The molecule has 0 aromatic heterocycles. The molecule has 10 heavy (non-hydrogen) atoms. The van der Waals surface area contributed by atoms with Crippen molar-refractivity contribution in [1.29, 1.82) is 0 Å². The minimum Gasteiger partial charge on any atom is -0.368 e. The Morgan fingerprint density at radius 3 is 2.90 bits per heavy atom. The molecule has 58 valence electrons. The van der Waals surface area contributed by atoms with E-state index in [0.29, 0.717) is 0 Å². The minimum absolute atomic E-state index is 0.256. The highest BCUT2D eigenvalue weighted by atomic mass is 16.6. The van der Waals surface area contributed by atoms with Crippen molar-refractivity contribution in [2.75, 3.05) is 0 Å². The number of hydrogen-bond donors (Lipinski definition) is 1. The van der Waals surface area contributed by atoms with E-state index in [1.165, 1.54) is 0 Å². The molecule has 0 aromatic carbocycles. The van der Waals surface area contributed by atoms with Crippen molar-refractivity contribution in [2.24, 2.45) is 0 Å². The van der Waals surface area contributed by atoms with Gasteiger partial charge in [0.1, 0.15) is 0 Å². The van der Waals surface area contributed by atoms with Gasteiger partial charge < -0.3 is 9.84 Å². The van der Waals surface area contributed by atoms with Crippen LogP contribution in [-0.4, -0.2) is 17.5 Å². The maximum absolute atomic E-state index is 8.95. The van der Waals surface area contributed by atoms with Crippen molar-refractivity contribution < 1.29 is 9.84 Å². The lowest BCUT2D eigenvalue weighted by Gasteiger charge is -2.05. The van der Waals surface area contributed by atoms with Gasteiger partial charge in [0.2, 0.25) is 0 Å². The van der Waals surface area contributed by atoms with Crippen LogP contribution in [0.2, 0.25) is 0 Å². The molecule has 2 atom stereocenters. The molecule has 0 radical (unpaired) electrons. The van der Waals surface area contributed by atoms with Crippen LogP contribution in [0, 0.1) is 0 Å². The van der Waals surface area contributed by atoms with Crippen LogP contribution in [0.4, 0.5) is 0 Å². The Labute approximate surface area is 61.5 Å². The molecular formula is C8H14O2. The second-order valence-electron chi connectivity index (χ2n) is 2.59. The van der Waals surface area contributed by atoms with E-state index in [1.54, 1.807) is 0 Å². The maximum Gasteiger partial charge on any atom is 0.155 e.